The van der Waals surface area contributed by atoms with Gasteiger partial charge in [-0.25, -0.2) is 14.5 Å². The predicted octanol–water partition coefficient (Wildman–Crippen LogP) is 5.80. The van der Waals surface area contributed by atoms with Gasteiger partial charge in [-0.05, 0) is 66.7 Å². The van der Waals surface area contributed by atoms with Crippen molar-refractivity contribution in [2.45, 2.75) is 6.18 Å². The van der Waals surface area contributed by atoms with Gasteiger partial charge >= 0.3 is 18.1 Å². The number of alkyl halides is 3. The number of benzene rings is 3. The van der Waals surface area contributed by atoms with E-state index in [1.807, 2.05) is 0 Å². The quantitative estimate of drug-likeness (QED) is 0.224. The molecule has 200 valence electrons. The zero-order valence-electron chi connectivity index (χ0n) is 19.6. The number of esters is 2. The van der Waals surface area contributed by atoms with Crippen LogP contribution in [0.3, 0.4) is 0 Å². The van der Waals surface area contributed by atoms with E-state index in [4.69, 9.17) is 27.9 Å². The number of nitrogens with one attached hydrogen (secondary N) is 1. The molecule has 0 saturated heterocycles. The summed E-state index contributed by atoms with van der Waals surface area (Å²) < 4.78 is 49.3. The van der Waals surface area contributed by atoms with Crippen LogP contribution in [0.25, 0.3) is 0 Å². The maximum atomic E-state index is 13.2. The Labute approximate surface area is 228 Å². The molecule has 4 rings (SSSR count). The number of imide groups is 1. The molecule has 1 heterocycles. The van der Waals surface area contributed by atoms with Crippen molar-refractivity contribution in [3.05, 3.63) is 99.2 Å². The first kappa shape index (κ1) is 27.7. The van der Waals surface area contributed by atoms with Gasteiger partial charge in [0, 0.05) is 5.69 Å². The highest BCUT2D eigenvalue weighted by molar-refractivity contribution is 6.53. The predicted molar refractivity (Wildman–Crippen MR) is 135 cm³/mol. The van der Waals surface area contributed by atoms with E-state index in [-0.39, 0.29) is 27.6 Å². The molecule has 3 aromatic rings. The highest BCUT2D eigenvalue weighted by Crippen LogP contribution is 2.38. The molecule has 2 amide bonds. The number of rotatable bonds is 6. The summed E-state index contributed by atoms with van der Waals surface area (Å²) in [6.45, 7) is 0. The molecule has 8 nitrogen and oxygen atoms in total. The fourth-order valence-corrected chi connectivity index (χ4v) is 3.88. The molecule has 0 fully saturated rings. The minimum atomic E-state index is -4.74. The number of hydrogen-bond acceptors (Lipinski definition) is 7. The van der Waals surface area contributed by atoms with Gasteiger partial charge in [0.05, 0.1) is 34.5 Å². The number of carbonyl (C=O) groups is 4. The van der Waals surface area contributed by atoms with Gasteiger partial charge in [0.15, 0.2) is 0 Å². The average molecular weight is 579 g/mol. The molecule has 0 spiro atoms. The van der Waals surface area contributed by atoms with Gasteiger partial charge in [0.25, 0.3) is 11.8 Å². The first-order chi connectivity index (χ1) is 18.4. The smallest absolute Gasteiger partial charge is 0.416 e. The third-order valence-electron chi connectivity index (χ3n) is 5.42. The van der Waals surface area contributed by atoms with Crippen LogP contribution in [-0.4, -0.2) is 30.9 Å². The lowest BCUT2D eigenvalue weighted by Crippen LogP contribution is -2.32. The van der Waals surface area contributed by atoms with Crippen LogP contribution in [-0.2, 0) is 20.5 Å². The fraction of sp³-hybridized carbons (Fsp3) is 0.0769. The second kappa shape index (κ2) is 10.8. The molecule has 0 unspecified atom stereocenters. The number of methoxy groups -OCH3 is 1. The third-order valence-corrected chi connectivity index (χ3v) is 6.09. The van der Waals surface area contributed by atoms with Crippen molar-refractivity contribution in [3.8, 4) is 5.75 Å². The first-order valence-corrected chi connectivity index (χ1v) is 11.6. The molecule has 39 heavy (non-hydrogen) atoms. The maximum absolute atomic E-state index is 13.2. The average Bonchev–Trinajstić information content (AvgIpc) is 3.11. The molecular formula is C26H15Cl2F3N2O6. The molecule has 0 atom stereocenters. The Hall–Kier alpha value is -4.35. The van der Waals surface area contributed by atoms with Crippen LogP contribution in [0.15, 0.2) is 77.5 Å². The number of halogens is 5. The van der Waals surface area contributed by atoms with Crippen LogP contribution in [0.4, 0.5) is 24.5 Å². The molecule has 0 saturated carbocycles. The van der Waals surface area contributed by atoms with Crippen molar-refractivity contribution < 1.29 is 41.8 Å². The molecule has 3 aromatic carbocycles. The van der Waals surface area contributed by atoms with E-state index in [1.54, 1.807) is 0 Å². The summed E-state index contributed by atoms with van der Waals surface area (Å²) in [5.41, 5.74) is -1.34. The van der Waals surface area contributed by atoms with Crippen molar-refractivity contribution in [1.82, 2.24) is 0 Å². The SMILES string of the molecule is COC(=O)c1ccc(OC(=O)c2ccc(NC3=C(Cl)C(=O)N(c4cc(C(F)(F)F)ccc4Cl)C3=O)cc2)cc1. The molecular weight excluding hydrogens is 564 g/mol. The fourth-order valence-electron chi connectivity index (χ4n) is 3.47. The summed E-state index contributed by atoms with van der Waals surface area (Å²) in [5.74, 6) is -3.18. The molecule has 1 aliphatic rings. The third kappa shape index (κ3) is 5.74. The standard InChI is InChI=1S/C26H15Cl2F3N2O6/c1-38-24(36)13-4-9-17(10-5-13)39-25(37)14-2-7-16(8-3-14)32-21-20(28)22(34)33(23(21)35)19-12-15(26(29,30)31)6-11-18(19)27/h2-12,32H,1H3. The van der Waals surface area contributed by atoms with Crippen LogP contribution in [0.5, 0.6) is 5.75 Å². The zero-order chi connectivity index (χ0) is 28.5. The van der Waals surface area contributed by atoms with E-state index < -0.39 is 51.9 Å². The van der Waals surface area contributed by atoms with E-state index in [1.165, 1.54) is 55.6 Å². The summed E-state index contributed by atoms with van der Waals surface area (Å²) in [6.07, 6.45) is -4.74. The maximum Gasteiger partial charge on any atom is 0.416 e. The van der Waals surface area contributed by atoms with Gasteiger partial charge < -0.3 is 14.8 Å². The minimum Gasteiger partial charge on any atom is -0.465 e. The lowest BCUT2D eigenvalue weighted by Gasteiger charge is -2.18. The van der Waals surface area contributed by atoms with Crippen LogP contribution < -0.4 is 15.0 Å². The monoisotopic (exact) mass is 578 g/mol. The van der Waals surface area contributed by atoms with Crippen molar-refractivity contribution in [2.75, 3.05) is 17.3 Å². The second-order valence-electron chi connectivity index (χ2n) is 7.91. The Balaban J connectivity index is 1.48. The van der Waals surface area contributed by atoms with Gasteiger partial charge in [-0.2, -0.15) is 13.2 Å². The summed E-state index contributed by atoms with van der Waals surface area (Å²) in [7, 11) is 1.24. The summed E-state index contributed by atoms with van der Waals surface area (Å²) in [6, 6.07) is 13.4. The van der Waals surface area contributed by atoms with Crippen LogP contribution in [0.2, 0.25) is 5.02 Å². The largest absolute Gasteiger partial charge is 0.465 e. The van der Waals surface area contributed by atoms with E-state index in [0.717, 1.165) is 12.1 Å². The van der Waals surface area contributed by atoms with Crippen molar-refractivity contribution in [3.63, 3.8) is 0 Å². The number of anilines is 2. The topological polar surface area (TPSA) is 102 Å². The lowest BCUT2D eigenvalue weighted by molar-refractivity contribution is -0.137. The number of hydrogen-bond donors (Lipinski definition) is 1. The van der Waals surface area contributed by atoms with Crippen LogP contribution >= 0.6 is 23.2 Å². The molecule has 1 aliphatic heterocycles. The Morgan fingerprint density at radius 2 is 1.44 bits per heavy atom. The van der Waals surface area contributed by atoms with Gasteiger partial charge in [0.2, 0.25) is 0 Å². The second-order valence-corrected chi connectivity index (χ2v) is 8.69. The molecule has 0 bridgehead atoms. The Bertz CT molecular complexity index is 1520. The van der Waals surface area contributed by atoms with Gasteiger partial charge in [-0.1, -0.05) is 23.2 Å². The first-order valence-electron chi connectivity index (χ1n) is 10.8. The van der Waals surface area contributed by atoms with Gasteiger partial charge in [-0.3, -0.25) is 9.59 Å². The normalized spacial score (nSPS) is 13.5. The van der Waals surface area contributed by atoms with Crippen LogP contribution in [0, 0.1) is 0 Å². The Morgan fingerprint density at radius 3 is 2.03 bits per heavy atom. The summed E-state index contributed by atoms with van der Waals surface area (Å²) >= 11 is 12.0. The summed E-state index contributed by atoms with van der Waals surface area (Å²) in [4.78, 5) is 50.0. The van der Waals surface area contributed by atoms with Crippen LogP contribution in [0.1, 0.15) is 26.3 Å². The number of amides is 2. The molecule has 0 aliphatic carbocycles. The van der Waals surface area contributed by atoms with Gasteiger partial charge in [-0.15, -0.1) is 0 Å². The number of carbonyl (C=O) groups excluding carboxylic acids is 4. The highest BCUT2D eigenvalue weighted by atomic mass is 35.5. The van der Waals surface area contributed by atoms with Crippen molar-refractivity contribution in [1.29, 1.82) is 0 Å². The van der Waals surface area contributed by atoms with E-state index in [9.17, 15) is 32.3 Å². The molecule has 0 aromatic heterocycles. The number of ether oxygens (including phenoxy) is 2. The molecule has 1 N–H and O–H groups in total. The van der Waals surface area contributed by atoms with E-state index in [0.29, 0.717) is 11.0 Å². The summed E-state index contributed by atoms with van der Waals surface area (Å²) in [5, 5.41) is 1.82. The van der Waals surface area contributed by atoms with E-state index in [2.05, 4.69) is 10.1 Å². The molecule has 13 heteroatoms. The van der Waals surface area contributed by atoms with E-state index >= 15 is 0 Å². The Kier molecular flexibility index (Phi) is 7.66. The van der Waals surface area contributed by atoms with Gasteiger partial charge in [0.1, 0.15) is 16.5 Å². The minimum absolute atomic E-state index is 0.129. The van der Waals surface area contributed by atoms with Crippen molar-refractivity contribution in [2.24, 2.45) is 0 Å². The molecule has 0 radical (unpaired) electrons. The number of nitrogens with zero attached hydrogens (tertiary/aromatic N) is 1. The van der Waals surface area contributed by atoms with Crippen molar-refractivity contribution >= 4 is 58.3 Å². The highest BCUT2D eigenvalue weighted by Gasteiger charge is 2.41. The zero-order valence-corrected chi connectivity index (χ0v) is 21.1. The Morgan fingerprint density at radius 1 is 0.846 bits per heavy atom. The lowest BCUT2D eigenvalue weighted by atomic mass is 10.1.